The Morgan fingerprint density at radius 1 is 1.09 bits per heavy atom. The number of unbranched alkanes of at least 4 members (excludes halogenated alkanes) is 6. The van der Waals surface area contributed by atoms with Crippen molar-refractivity contribution in [3.05, 3.63) is 12.2 Å². The Morgan fingerprint density at radius 3 is 2.50 bits per heavy atom. The van der Waals surface area contributed by atoms with E-state index in [0.717, 1.165) is 12.8 Å². The number of carbonyl (C=O) groups is 2. The van der Waals surface area contributed by atoms with Crippen LogP contribution in [0.25, 0.3) is 0 Å². The van der Waals surface area contributed by atoms with Crippen LogP contribution in [0, 0.1) is 0 Å². The fourth-order valence-corrected chi connectivity index (χ4v) is 2.09. The van der Waals surface area contributed by atoms with Crippen molar-refractivity contribution in [1.29, 1.82) is 0 Å². The Kier molecular flexibility index (Phi) is 13.7. The highest BCUT2D eigenvalue weighted by Gasteiger charge is 2.09. The summed E-state index contributed by atoms with van der Waals surface area (Å²) >= 11 is 0. The summed E-state index contributed by atoms with van der Waals surface area (Å²) in [6.07, 6.45) is 13.7. The number of rotatable bonds is 14. The van der Waals surface area contributed by atoms with Crippen LogP contribution in [-0.2, 0) is 9.59 Å². The Morgan fingerprint density at radius 2 is 1.82 bits per heavy atom. The Labute approximate surface area is 134 Å². The van der Waals surface area contributed by atoms with Gasteiger partial charge in [0.15, 0.2) is 0 Å². The van der Waals surface area contributed by atoms with E-state index in [4.69, 9.17) is 10.8 Å². The van der Waals surface area contributed by atoms with Gasteiger partial charge >= 0.3 is 5.97 Å². The number of carboxylic acid groups (broad SMARTS) is 1. The van der Waals surface area contributed by atoms with Gasteiger partial charge in [0.2, 0.25) is 5.91 Å². The third-order valence-corrected chi connectivity index (χ3v) is 3.53. The van der Waals surface area contributed by atoms with Gasteiger partial charge in [-0.05, 0) is 32.1 Å². The summed E-state index contributed by atoms with van der Waals surface area (Å²) < 4.78 is 0. The van der Waals surface area contributed by atoms with Crippen molar-refractivity contribution in [2.24, 2.45) is 5.73 Å². The molecule has 0 aromatic rings. The first-order valence-electron chi connectivity index (χ1n) is 8.48. The van der Waals surface area contributed by atoms with Gasteiger partial charge in [-0.25, -0.2) is 0 Å². The van der Waals surface area contributed by atoms with Gasteiger partial charge in [0.1, 0.15) is 6.04 Å². The van der Waals surface area contributed by atoms with Crippen LogP contribution in [-0.4, -0.2) is 29.6 Å². The summed E-state index contributed by atoms with van der Waals surface area (Å²) in [5.41, 5.74) is 5.39. The molecule has 128 valence electrons. The van der Waals surface area contributed by atoms with E-state index in [1.165, 1.54) is 32.1 Å². The predicted molar refractivity (Wildman–Crippen MR) is 89.6 cm³/mol. The molecule has 0 bridgehead atoms. The van der Waals surface area contributed by atoms with Crippen LogP contribution < -0.4 is 11.1 Å². The molecule has 0 aromatic heterocycles. The quantitative estimate of drug-likeness (QED) is 0.339. The maximum Gasteiger partial charge on any atom is 0.320 e. The molecule has 0 rings (SSSR count). The average molecular weight is 312 g/mol. The highest BCUT2D eigenvalue weighted by atomic mass is 16.4. The molecule has 0 fully saturated rings. The van der Waals surface area contributed by atoms with E-state index in [2.05, 4.69) is 18.3 Å². The standard InChI is InChI=1S/C17H32N2O3/c1-2-3-4-5-6-7-8-9-13-16(20)19-14-11-10-12-15(18)17(21)22/h8-9,15H,2-7,10-14,18H2,1H3,(H,19,20)(H,21,22)/b9-8+/t15-/m0/s1. The molecular weight excluding hydrogens is 280 g/mol. The van der Waals surface area contributed by atoms with Crippen molar-refractivity contribution in [3.63, 3.8) is 0 Å². The van der Waals surface area contributed by atoms with Crippen molar-refractivity contribution in [3.8, 4) is 0 Å². The van der Waals surface area contributed by atoms with E-state index in [1.807, 2.05) is 6.08 Å². The lowest BCUT2D eigenvalue weighted by molar-refractivity contribution is -0.138. The van der Waals surface area contributed by atoms with Gasteiger partial charge in [-0.3, -0.25) is 9.59 Å². The van der Waals surface area contributed by atoms with Gasteiger partial charge in [0.05, 0.1) is 0 Å². The molecule has 4 N–H and O–H groups in total. The van der Waals surface area contributed by atoms with Gasteiger partial charge in [-0.2, -0.15) is 0 Å². The van der Waals surface area contributed by atoms with E-state index in [1.54, 1.807) is 0 Å². The van der Waals surface area contributed by atoms with Crippen molar-refractivity contribution >= 4 is 11.9 Å². The van der Waals surface area contributed by atoms with Crippen LogP contribution in [0.5, 0.6) is 0 Å². The van der Waals surface area contributed by atoms with Gasteiger partial charge in [0, 0.05) is 13.0 Å². The molecule has 1 atom stereocenters. The third-order valence-electron chi connectivity index (χ3n) is 3.53. The number of allylic oxidation sites excluding steroid dienone is 1. The van der Waals surface area contributed by atoms with Crippen molar-refractivity contribution < 1.29 is 14.7 Å². The number of aliphatic carboxylic acids is 1. The zero-order chi connectivity index (χ0) is 16.6. The van der Waals surface area contributed by atoms with E-state index in [0.29, 0.717) is 25.8 Å². The normalized spacial score (nSPS) is 12.5. The summed E-state index contributed by atoms with van der Waals surface area (Å²) in [4.78, 5) is 22.1. The van der Waals surface area contributed by atoms with Crippen molar-refractivity contribution in [2.45, 2.75) is 77.2 Å². The van der Waals surface area contributed by atoms with Crippen LogP contribution in [0.1, 0.15) is 71.1 Å². The van der Waals surface area contributed by atoms with Crippen LogP contribution in [0.4, 0.5) is 0 Å². The van der Waals surface area contributed by atoms with Crippen molar-refractivity contribution in [1.82, 2.24) is 5.32 Å². The number of carbonyl (C=O) groups excluding carboxylic acids is 1. The average Bonchev–Trinajstić information content (AvgIpc) is 2.49. The molecule has 0 heterocycles. The lowest BCUT2D eigenvalue weighted by Crippen LogP contribution is -2.30. The molecule has 0 unspecified atom stereocenters. The predicted octanol–water partition coefficient (Wildman–Crippen LogP) is 2.99. The Hall–Kier alpha value is -1.36. The second-order valence-corrected chi connectivity index (χ2v) is 5.67. The van der Waals surface area contributed by atoms with E-state index in [-0.39, 0.29) is 5.91 Å². The summed E-state index contributed by atoms with van der Waals surface area (Å²) in [6, 6.07) is -0.795. The topological polar surface area (TPSA) is 92.4 Å². The number of carboxylic acids is 1. The summed E-state index contributed by atoms with van der Waals surface area (Å²) in [5, 5.41) is 11.5. The Balaban J connectivity index is 3.40. The zero-order valence-electron chi connectivity index (χ0n) is 13.9. The first-order chi connectivity index (χ1) is 10.6. The first kappa shape index (κ1) is 20.6. The monoisotopic (exact) mass is 312 g/mol. The molecular formula is C17H32N2O3. The SMILES string of the molecule is CCCCCCC/C=C/CC(=O)NCCCC[C@H](N)C(=O)O. The number of nitrogens with two attached hydrogens (primary N) is 1. The highest BCUT2D eigenvalue weighted by Crippen LogP contribution is 2.05. The van der Waals surface area contributed by atoms with Crippen LogP contribution in [0.3, 0.4) is 0 Å². The zero-order valence-corrected chi connectivity index (χ0v) is 13.9. The van der Waals surface area contributed by atoms with E-state index in [9.17, 15) is 9.59 Å². The molecule has 5 heteroatoms. The number of hydrogen-bond acceptors (Lipinski definition) is 3. The van der Waals surface area contributed by atoms with Crippen molar-refractivity contribution in [2.75, 3.05) is 6.54 Å². The van der Waals surface area contributed by atoms with E-state index >= 15 is 0 Å². The third kappa shape index (κ3) is 13.6. The molecule has 0 aromatic carbocycles. The number of nitrogens with one attached hydrogen (secondary N) is 1. The second kappa shape index (κ2) is 14.6. The molecule has 0 saturated heterocycles. The second-order valence-electron chi connectivity index (χ2n) is 5.67. The van der Waals surface area contributed by atoms with Gasteiger partial charge in [-0.15, -0.1) is 0 Å². The number of hydrogen-bond donors (Lipinski definition) is 3. The van der Waals surface area contributed by atoms with Crippen LogP contribution in [0.15, 0.2) is 12.2 Å². The molecule has 0 aliphatic heterocycles. The summed E-state index contributed by atoms with van der Waals surface area (Å²) in [7, 11) is 0. The summed E-state index contributed by atoms with van der Waals surface area (Å²) in [6.45, 7) is 2.79. The minimum Gasteiger partial charge on any atom is -0.480 e. The maximum atomic E-state index is 11.5. The maximum absolute atomic E-state index is 11.5. The molecule has 0 spiro atoms. The highest BCUT2D eigenvalue weighted by molar-refractivity contribution is 5.77. The van der Waals surface area contributed by atoms with Gasteiger partial charge in [0.25, 0.3) is 0 Å². The van der Waals surface area contributed by atoms with Crippen LogP contribution in [0.2, 0.25) is 0 Å². The molecule has 5 nitrogen and oxygen atoms in total. The largest absolute Gasteiger partial charge is 0.480 e. The minimum atomic E-state index is -0.969. The smallest absolute Gasteiger partial charge is 0.320 e. The lowest BCUT2D eigenvalue weighted by atomic mass is 10.1. The lowest BCUT2D eigenvalue weighted by Gasteiger charge is -2.06. The fourth-order valence-electron chi connectivity index (χ4n) is 2.09. The molecule has 0 radical (unpaired) electrons. The minimum absolute atomic E-state index is 0.0183. The van der Waals surface area contributed by atoms with E-state index < -0.39 is 12.0 Å². The molecule has 0 aliphatic carbocycles. The molecule has 0 saturated carbocycles. The van der Waals surface area contributed by atoms with Crippen LogP contribution >= 0.6 is 0 Å². The molecule has 1 amide bonds. The van der Waals surface area contributed by atoms with Gasteiger partial charge < -0.3 is 16.2 Å². The van der Waals surface area contributed by atoms with Gasteiger partial charge in [-0.1, -0.05) is 44.8 Å². The molecule has 22 heavy (non-hydrogen) atoms. The number of amides is 1. The first-order valence-corrected chi connectivity index (χ1v) is 8.48. The fraction of sp³-hybridized carbons (Fsp3) is 0.765. The Bertz CT molecular complexity index is 330. The molecule has 0 aliphatic rings. The summed E-state index contributed by atoms with van der Waals surface area (Å²) in [5.74, 6) is -0.950.